The third-order valence-corrected chi connectivity index (χ3v) is 2.52. The standard InChI is InChI=1S/C12H13N/c1-8-5-4-6-12-11(8)7-9(2)10(3)13-12/h4-7H,1-3H3. The van der Waals surface area contributed by atoms with Crippen LogP contribution in [0.1, 0.15) is 16.8 Å². The second-order valence-electron chi connectivity index (χ2n) is 3.53. The summed E-state index contributed by atoms with van der Waals surface area (Å²) in [5.41, 5.74) is 4.79. The Kier molecular flexibility index (Phi) is 1.80. The minimum Gasteiger partial charge on any atom is -0.253 e. The minimum absolute atomic E-state index is 1.10. The SMILES string of the molecule is Cc1cc2c(C)cccc2nc1C. The summed E-state index contributed by atoms with van der Waals surface area (Å²) in [5, 5.41) is 1.27. The molecular weight excluding hydrogens is 158 g/mol. The van der Waals surface area contributed by atoms with Crippen molar-refractivity contribution >= 4 is 10.9 Å². The molecule has 0 saturated heterocycles. The van der Waals surface area contributed by atoms with Gasteiger partial charge in [0.05, 0.1) is 5.52 Å². The normalized spacial score (nSPS) is 10.7. The van der Waals surface area contributed by atoms with E-state index in [4.69, 9.17) is 0 Å². The summed E-state index contributed by atoms with van der Waals surface area (Å²) in [7, 11) is 0. The van der Waals surface area contributed by atoms with Gasteiger partial charge in [-0.3, -0.25) is 4.98 Å². The Bertz CT molecular complexity index is 458. The van der Waals surface area contributed by atoms with Crippen molar-refractivity contribution in [1.29, 1.82) is 0 Å². The second-order valence-corrected chi connectivity index (χ2v) is 3.53. The van der Waals surface area contributed by atoms with Crippen molar-refractivity contribution in [2.24, 2.45) is 0 Å². The van der Waals surface area contributed by atoms with Crippen LogP contribution < -0.4 is 0 Å². The lowest BCUT2D eigenvalue weighted by molar-refractivity contribution is 1.19. The van der Waals surface area contributed by atoms with Crippen molar-refractivity contribution in [3.63, 3.8) is 0 Å². The van der Waals surface area contributed by atoms with Gasteiger partial charge in [0.15, 0.2) is 0 Å². The molecule has 0 fully saturated rings. The Balaban J connectivity index is 2.89. The summed E-state index contributed by atoms with van der Waals surface area (Å²) in [6.07, 6.45) is 0. The van der Waals surface area contributed by atoms with Crippen molar-refractivity contribution in [3.8, 4) is 0 Å². The number of fused-ring (bicyclic) bond motifs is 1. The number of nitrogens with zero attached hydrogens (tertiary/aromatic N) is 1. The fourth-order valence-electron chi connectivity index (χ4n) is 1.54. The van der Waals surface area contributed by atoms with E-state index in [1.807, 2.05) is 0 Å². The molecule has 0 saturated carbocycles. The molecule has 0 bridgehead atoms. The molecule has 13 heavy (non-hydrogen) atoms. The van der Waals surface area contributed by atoms with Gasteiger partial charge in [-0.1, -0.05) is 12.1 Å². The Labute approximate surface area is 78.4 Å². The molecule has 66 valence electrons. The van der Waals surface area contributed by atoms with Gasteiger partial charge in [0.25, 0.3) is 0 Å². The number of hydrogen-bond donors (Lipinski definition) is 0. The van der Waals surface area contributed by atoms with Crippen molar-refractivity contribution < 1.29 is 0 Å². The molecular formula is C12H13N. The van der Waals surface area contributed by atoms with Gasteiger partial charge in [-0.15, -0.1) is 0 Å². The van der Waals surface area contributed by atoms with Crippen molar-refractivity contribution in [3.05, 3.63) is 41.1 Å². The average molecular weight is 171 g/mol. The highest BCUT2D eigenvalue weighted by Gasteiger charge is 2.00. The zero-order valence-corrected chi connectivity index (χ0v) is 8.26. The first kappa shape index (κ1) is 8.24. The maximum atomic E-state index is 4.54. The molecule has 1 heterocycles. The van der Waals surface area contributed by atoms with E-state index in [0.717, 1.165) is 11.2 Å². The molecule has 0 aliphatic carbocycles. The topological polar surface area (TPSA) is 12.9 Å². The summed E-state index contributed by atoms with van der Waals surface area (Å²) >= 11 is 0. The van der Waals surface area contributed by atoms with Gasteiger partial charge in [-0.05, 0) is 44.0 Å². The first-order valence-electron chi connectivity index (χ1n) is 4.52. The average Bonchev–Trinajstić information content (AvgIpc) is 2.09. The van der Waals surface area contributed by atoms with Crippen LogP contribution in [0.15, 0.2) is 24.3 Å². The van der Waals surface area contributed by atoms with Gasteiger partial charge in [0.1, 0.15) is 0 Å². The van der Waals surface area contributed by atoms with Gasteiger partial charge in [-0.2, -0.15) is 0 Å². The van der Waals surface area contributed by atoms with Crippen LogP contribution >= 0.6 is 0 Å². The zero-order valence-electron chi connectivity index (χ0n) is 8.26. The Morgan fingerprint density at radius 3 is 2.54 bits per heavy atom. The Hall–Kier alpha value is -1.37. The molecule has 2 aromatic rings. The van der Waals surface area contributed by atoms with Crippen molar-refractivity contribution in [2.45, 2.75) is 20.8 Å². The fraction of sp³-hybridized carbons (Fsp3) is 0.250. The first-order chi connectivity index (χ1) is 6.18. The van der Waals surface area contributed by atoms with Gasteiger partial charge in [0.2, 0.25) is 0 Å². The van der Waals surface area contributed by atoms with E-state index in [1.165, 1.54) is 16.5 Å². The monoisotopic (exact) mass is 171 g/mol. The molecule has 2 rings (SSSR count). The minimum atomic E-state index is 1.10. The van der Waals surface area contributed by atoms with Crippen LogP contribution in [0.5, 0.6) is 0 Å². The summed E-state index contributed by atoms with van der Waals surface area (Å²) < 4.78 is 0. The van der Waals surface area contributed by atoms with E-state index < -0.39 is 0 Å². The van der Waals surface area contributed by atoms with E-state index >= 15 is 0 Å². The predicted octanol–water partition coefficient (Wildman–Crippen LogP) is 3.16. The lowest BCUT2D eigenvalue weighted by Crippen LogP contribution is -1.89. The zero-order chi connectivity index (χ0) is 9.42. The van der Waals surface area contributed by atoms with Crippen LogP contribution in [-0.4, -0.2) is 4.98 Å². The van der Waals surface area contributed by atoms with Crippen molar-refractivity contribution in [1.82, 2.24) is 4.98 Å². The van der Waals surface area contributed by atoms with Gasteiger partial charge >= 0.3 is 0 Å². The molecule has 0 amide bonds. The summed E-state index contributed by atoms with van der Waals surface area (Å²) in [6, 6.07) is 8.46. The molecule has 1 aromatic heterocycles. The highest BCUT2D eigenvalue weighted by atomic mass is 14.7. The van der Waals surface area contributed by atoms with E-state index in [1.54, 1.807) is 0 Å². The van der Waals surface area contributed by atoms with Gasteiger partial charge in [0, 0.05) is 11.1 Å². The van der Waals surface area contributed by atoms with Crippen LogP contribution in [0.2, 0.25) is 0 Å². The molecule has 0 aliphatic heterocycles. The summed E-state index contributed by atoms with van der Waals surface area (Å²) in [5.74, 6) is 0. The van der Waals surface area contributed by atoms with E-state index in [9.17, 15) is 0 Å². The summed E-state index contributed by atoms with van der Waals surface area (Å²) in [4.78, 5) is 4.54. The number of benzene rings is 1. The number of pyridine rings is 1. The molecule has 0 spiro atoms. The lowest BCUT2D eigenvalue weighted by Gasteiger charge is -2.04. The van der Waals surface area contributed by atoms with E-state index in [2.05, 4.69) is 50.0 Å². The molecule has 1 nitrogen and oxygen atoms in total. The highest BCUT2D eigenvalue weighted by molar-refractivity contribution is 5.82. The van der Waals surface area contributed by atoms with E-state index in [0.29, 0.717) is 0 Å². The molecule has 0 radical (unpaired) electrons. The first-order valence-corrected chi connectivity index (χ1v) is 4.52. The largest absolute Gasteiger partial charge is 0.253 e. The Morgan fingerprint density at radius 1 is 1.00 bits per heavy atom. The molecule has 1 aromatic carbocycles. The number of rotatable bonds is 0. The summed E-state index contributed by atoms with van der Waals surface area (Å²) in [6.45, 7) is 6.28. The highest BCUT2D eigenvalue weighted by Crippen LogP contribution is 2.18. The van der Waals surface area contributed by atoms with E-state index in [-0.39, 0.29) is 0 Å². The lowest BCUT2D eigenvalue weighted by atomic mass is 10.1. The van der Waals surface area contributed by atoms with Crippen LogP contribution in [0.4, 0.5) is 0 Å². The third-order valence-electron chi connectivity index (χ3n) is 2.52. The second kappa shape index (κ2) is 2.84. The quantitative estimate of drug-likeness (QED) is 0.593. The molecule has 0 atom stereocenters. The van der Waals surface area contributed by atoms with Gasteiger partial charge in [-0.25, -0.2) is 0 Å². The fourth-order valence-corrected chi connectivity index (χ4v) is 1.54. The van der Waals surface area contributed by atoms with Gasteiger partial charge < -0.3 is 0 Å². The number of aromatic nitrogens is 1. The predicted molar refractivity (Wildman–Crippen MR) is 56.0 cm³/mol. The smallest absolute Gasteiger partial charge is 0.0708 e. The van der Waals surface area contributed by atoms with Crippen molar-refractivity contribution in [2.75, 3.05) is 0 Å². The molecule has 0 unspecified atom stereocenters. The third kappa shape index (κ3) is 1.31. The van der Waals surface area contributed by atoms with Crippen LogP contribution in [-0.2, 0) is 0 Å². The van der Waals surface area contributed by atoms with Crippen LogP contribution in [0, 0.1) is 20.8 Å². The Morgan fingerprint density at radius 2 is 1.77 bits per heavy atom. The number of aryl methyl sites for hydroxylation is 3. The number of hydrogen-bond acceptors (Lipinski definition) is 1. The maximum absolute atomic E-state index is 4.54. The van der Waals surface area contributed by atoms with Crippen LogP contribution in [0.25, 0.3) is 10.9 Å². The van der Waals surface area contributed by atoms with Crippen LogP contribution in [0.3, 0.4) is 0 Å². The maximum Gasteiger partial charge on any atom is 0.0708 e. The molecule has 1 heteroatoms. The molecule has 0 aliphatic rings. The molecule has 0 N–H and O–H groups in total.